The zero-order chi connectivity index (χ0) is 9.42. The third-order valence-electron chi connectivity index (χ3n) is 3.14. The first kappa shape index (κ1) is 8.75. The molecule has 0 bridgehead atoms. The molecule has 2 aliphatic rings. The highest BCUT2D eigenvalue weighted by atomic mass is 16.5. The van der Waals surface area contributed by atoms with Crippen molar-refractivity contribution in [2.75, 3.05) is 13.2 Å². The van der Waals surface area contributed by atoms with Gasteiger partial charge in [-0.2, -0.15) is 0 Å². The minimum Gasteiger partial charge on any atom is -0.465 e. The van der Waals surface area contributed by atoms with Gasteiger partial charge in [0.2, 0.25) is 0 Å². The Morgan fingerprint density at radius 2 is 2.38 bits per heavy atom. The van der Waals surface area contributed by atoms with Gasteiger partial charge in [0.25, 0.3) is 0 Å². The molecule has 1 heterocycles. The smallest absolute Gasteiger partial charge is 0.309 e. The zero-order valence-corrected chi connectivity index (χ0v) is 7.64. The third-order valence-corrected chi connectivity index (χ3v) is 3.14. The van der Waals surface area contributed by atoms with Crippen LogP contribution in [0.4, 0.5) is 0 Å². The molecule has 2 rings (SSSR count). The Morgan fingerprint density at radius 1 is 1.62 bits per heavy atom. The van der Waals surface area contributed by atoms with Crippen molar-refractivity contribution < 1.29 is 14.6 Å². The molecule has 0 saturated carbocycles. The second kappa shape index (κ2) is 3.14. The Balaban J connectivity index is 2.24. The lowest BCUT2D eigenvalue weighted by atomic mass is 9.73. The fraction of sp³-hybridized carbons (Fsp3) is 0.700. The summed E-state index contributed by atoms with van der Waals surface area (Å²) >= 11 is 0. The van der Waals surface area contributed by atoms with Crippen molar-refractivity contribution in [2.24, 2.45) is 23.7 Å². The number of aliphatic hydroxyl groups excluding tert-OH is 1. The number of rotatable bonds is 1. The molecule has 1 saturated heterocycles. The number of ether oxygens (including phenoxy) is 1. The average molecular weight is 182 g/mol. The van der Waals surface area contributed by atoms with Gasteiger partial charge in [-0.05, 0) is 5.92 Å². The summed E-state index contributed by atoms with van der Waals surface area (Å²) in [5.41, 5.74) is 0. The maximum atomic E-state index is 11.3. The number of hydrogen-bond donors (Lipinski definition) is 1. The van der Waals surface area contributed by atoms with Crippen molar-refractivity contribution in [1.82, 2.24) is 0 Å². The van der Waals surface area contributed by atoms with E-state index in [0.29, 0.717) is 6.61 Å². The number of hydrogen-bond acceptors (Lipinski definition) is 3. The topological polar surface area (TPSA) is 46.5 Å². The molecule has 0 aromatic carbocycles. The SMILES string of the molecule is C[C@@H]1C=C[C@H](CO)[C@@H]2COC(=O)[C@H]21. The quantitative estimate of drug-likeness (QED) is 0.477. The molecule has 3 heteroatoms. The number of cyclic esters (lactones) is 1. The van der Waals surface area contributed by atoms with Gasteiger partial charge in [-0.15, -0.1) is 0 Å². The molecule has 1 aliphatic carbocycles. The number of allylic oxidation sites excluding steroid dienone is 1. The number of carbonyl (C=O) groups is 1. The fourth-order valence-electron chi connectivity index (χ4n) is 2.32. The number of fused-ring (bicyclic) bond motifs is 1. The Hall–Kier alpha value is -0.830. The van der Waals surface area contributed by atoms with Crippen LogP contribution in [-0.4, -0.2) is 24.3 Å². The molecule has 0 spiro atoms. The average Bonchev–Trinajstić information content (AvgIpc) is 2.50. The highest BCUT2D eigenvalue weighted by molar-refractivity contribution is 5.75. The predicted octanol–water partition coefficient (Wildman–Crippen LogP) is 0.590. The van der Waals surface area contributed by atoms with Gasteiger partial charge < -0.3 is 9.84 Å². The van der Waals surface area contributed by atoms with Gasteiger partial charge in [0.15, 0.2) is 0 Å². The predicted molar refractivity (Wildman–Crippen MR) is 46.8 cm³/mol. The Kier molecular flexibility index (Phi) is 2.12. The van der Waals surface area contributed by atoms with Crippen molar-refractivity contribution >= 4 is 5.97 Å². The van der Waals surface area contributed by atoms with Gasteiger partial charge in [-0.25, -0.2) is 0 Å². The summed E-state index contributed by atoms with van der Waals surface area (Å²) in [6.45, 7) is 2.61. The summed E-state index contributed by atoms with van der Waals surface area (Å²) in [6, 6.07) is 0. The minimum atomic E-state index is -0.0969. The lowest BCUT2D eigenvalue weighted by molar-refractivity contribution is -0.142. The van der Waals surface area contributed by atoms with E-state index in [9.17, 15) is 4.79 Å². The maximum absolute atomic E-state index is 11.3. The van der Waals surface area contributed by atoms with Crippen LogP contribution in [0.25, 0.3) is 0 Å². The van der Waals surface area contributed by atoms with Crippen molar-refractivity contribution in [1.29, 1.82) is 0 Å². The third kappa shape index (κ3) is 1.27. The lowest BCUT2D eigenvalue weighted by Gasteiger charge is -2.28. The summed E-state index contributed by atoms with van der Waals surface area (Å²) < 4.78 is 5.01. The van der Waals surface area contributed by atoms with Gasteiger partial charge in [-0.1, -0.05) is 19.1 Å². The highest BCUT2D eigenvalue weighted by Crippen LogP contribution is 2.38. The molecule has 0 aromatic heterocycles. The fourth-order valence-corrected chi connectivity index (χ4v) is 2.32. The second-order valence-electron chi connectivity index (χ2n) is 3.91. The van der Waals surface area contributed by atoms with Crippen molar-refractivity contribution in [2.45, 2.75) is 6.92 Å². The summed E-state index contributed by atoms with van der Waals surface area (Å²) in [5, 5.41) is 9.09. The van der Waals surface area contributed by atoms with Gasteiger partial charge in [0.05, 0.1) is 12.5 Å². The van der Waals surface area contributed by atoms with E-state index in [-0.39, 0.29) is 36.2 Å². The van der Waals surface area contributed by atoms with E-state index >= 15 is 0 Å². The van der Waals surface area contributed by atoms with Gasteiger partial charge in [-0.3, -0.25) is 4.79 Å². The van der Waals surface area contributed by atoms with E-state index in [4.69, 9.17) is 9.84 Å². The molecule has 3 nitrogen and oxygen atoms in total. The first-order valence-corrected chi connectivity index (χ1v) is 4.70. The first-order chi connectivity index (χ1) is 6.24. The van der Waals surface area contributed by atoms with E-state index in [2.05, 4.69) is 0 Å². The van der Waals surface area contributed by atoms with E-state index in [1.54, 1.807) is 0 Å². The van der Waals surface area contributed by atoms with Crippen LogP contribution in [-0.2, 0) is 9.53 Å². The lowest BCUT2D eigenvalue weighted by Crippen LogP contribution is -2.32. The van der Waals surface area contributed by atoms with Crippen molar-refractivity contribution in [3.05, 3.63) is 12.2 Å². The molecule has 4 atom stereocenters. The molecule has 1 aliphatic heterocycles. The Bertz CT molecular complexity index is 247. The molecule has 13 heavy (non-hydrogen) atoms. The van der Waals surface area contributed by atoms with Crippen LogP contribution in [0.5, 0.6) is 0 Å². The van der Waals surface area contributed by atoms with E-state index in [1.807, 2.05) is 19.1 Å². The van der Waals surface area contributed by atoms with Gasteiger partial charge in [0.1, 0.15) is 0 Å². The van der Waals surface area contributed by atoms with Crippen LogP contribution < -0.4 is 0 Å². The van der Waals surface area contributed by atoms with Crippen LogP contribution in [0.1, 0.15) is 6.92 Å². The van der Waals surface area contributed by atoms with Crippen molar-refractivity contribution in [3.8, 4) is 0 Å². The summed E-state index contributed by atoms with van der Waals surface area (Å²) in [5.74, 6) is 0.426. The Labute approximate surface area is 77.4 Å². The highest BCUT2D eigenvalue weighted by Gasteiger charge is 2.44. The van der Waals surface area contributed by atoms with E-state index in [1.165, 1.54) is 0 Å². The Morgan fingerprint density at radius 3 is 3.08 bits per heavy atom. The number of carbonyl (C=O) groups excluding carboxylic acids is 1. The maximum Gasteiger partial charge on any atom is 0.309 e. The second-order valence-corrected chi connectivity index (χ2v) is 3.91. The number of aliphatic hydroxyl groups is 1. The molecular weight excluding hydrogens is 168 g/mol. The standard InChI is InChI=1S/C10H14O3/c1-6-2-3-7(4-11)8-5-13-10(12)9(6)8/h2-3,6-9,11H,4-5H2,1H3/t6-,7-,8+,9+/m1/s1. The van der Waals surface area contributed by atoms with Crippen LogP contribution in [0, 0.1) is 23.7 Å². The van der Waals surface area contributed by atoms with Crippen LogP contribution in [0.2, 0.25) is 0 Å². The number of esters is 1. The molecule has 1 N–H and O–H groups in total. The van der Waals surface area contributed by atoms with Gasteiger partial charge >= 0.3 is 5.97 Å². The summed E-state index contributed by atoms with van der Waals surface area (Å²) in [6.07, 6.45) is 4.02. The van der Waals surface area contributed by atoms with E-state index in [0.717, 1.165) is 0 Å². The zero-order valence-electron chi connectivity index (χ0n) is 7.64. The molecule has 72 valence electrons. The van der Waals surface area contributed by atoms with Crippen molar-refractivity contribution in [3.63, 3.8) is 0 Å². The molecule has 0 radical (unpaired) electrons. The monoisotopic (exact) mass is 182 g/mol. The summed E-state index contributed by atoms with van der Waals surface area (Å²) in [7, 11) is 0. The minimum absolute atomic E-state index is 0.0258. The normalized spacial score (nSPS) is 43.1. The summed E-state index contributed by atoms with van der Waals surface area (Å²) in [4.78, 5) is 11.3. The first-order valence-electron chi connectivity index (χ1n) is 4.70. The van der Waals surface area contributed by atoms with Crippen LogP contribution >= 0.6 is 0 Å². The molecule has 0 amide bonds. The molecule has 1 fully saturated rings. The van der Waals surface area contributed by atoms with E-state index < -0.39 is 0 Å². The molecular formula is C10H14O3. The van der Waals surface area contributed by atoms with Crippen LogP contribution in [0.15, 0.2) is 12.2 Å². The van der Waals surface area contributed by atoms with Crippen LogP contribution in [0.3, 0.4) is 0 Å². The largest absolute Gasteiger partial charge is 0.465 e. The molecule has 0 unspecified atom stereocenters. The molecule has 0 aromatic rings. The van der Waals surface area contributed by atoms with Gasteiger partial charge in [0, 0.05) is 18.4 Å².